The molecule has 0 radical (unpaired) electrons. The minimum absolute atomic E-state index is 0.00657. The molecule has 0 fully saturated rings. The van der Waals surface area contributed by atoms with E-state index in [0.717, 1.165) is 6.07 Å². The van der Waals surface area contributed by atoms with Gasteiger partial charge in [-0.15, -0.1) is 0 Å². The lowest BCUT2D eigenvalue weighted by molar-refractivity contribution is 0.482. The lowest BCUT2D eigenvalue weighted by atomic mass is 10.3. The van der Waals surface area contributed by atoms with Crippen LogP contribution in [-0.4, -0.2) is 0 Å². The predicted molar refractivity (Wildman–Crippen MR) is 65.7 cm³/mol. The zero-order valence-corrected chi connectivity index (χ0v) is 9.66. The predicted octanol–water partition coefficient (Wildman–Crippen LogP) is 4.89. The maximum Gasteiger partial charge on any atom is 0.130 e. The van der Waals surface area contributed by atoms with Crippen molar-refractivity contribution in [1.82, 2.24) is 0 Å². The Balaban J connectivity index is 2.54. The zero-order valence-electron chi connectivity index (χ0n) is 13.3. The first-order valence-electron chi connectivity index (χ1n) is 6.94. The molecule has 0 unspecified atom stereocenters. The van der Waals surface area contributed by atoms with Crippen molar-refractivity contribution in [3.05, 3.63) is 57.9 Å². The highest BCUT2D eigenvalue weighted by atomic mass is 79.9. The summed E-state index contributed by atoms with van der Waals surface area (Å²) >= 11 is 8.96. The molecule has 2 aromatic rings. The highest BCUT2D eigenvalue weighted by Crippen LogP contribution is 2.28. The van der Waals surface area contributed by atoms with Gasteiger partial charge in [-0.3, -0.25) is 0 Å². The fourth-order valence-corrected chi connectivity index (χ4v) is 1.64. The van der Waals surface area contributed by atoms with E-state index in [2.05, 4.69) is 15.9 Å². The Hall–Kier alpha value is -0.990. The van der Waals surface area contributed by atoms with E-state index in [1.807, 2.05) is 0 Å². The number of hydrogen-bond acceptors (Lipinski definition) is 1. The molecular formula is C12H8BrClO. The Bertz CT molecular complexity index is 675. The lowest BCUT2D eigenvalue weighted by Crippen LogP contribution is -1.83. The van der Waals surface area contributed by atoms with E-state index < -0.39 is 6.04 Å². The Morgan fingerprint density at radius 1 is 1.20 bits per heavy atom. The van der Waals surface area contributed by atoms with Crippen LogP contribution in [0, 0.1) is 0 Å². The molecule has 0 aliphatic heterocycles. The van der Waals surface area contributed by atoms with Crippen LogP contribution >= 0.6 is 27.5 Å². The Labute approximate surface area is 110 Å². The van der Waals surface area contributed by atoms with Gasteiger partial charge in [-0.1, -0.05) is 45.7 Å². The first-order chi connectivity index (χ1) is 9.73. The van der Waals surface area contributed by atoms with Crippen LogP contribution in [0.5, 0.6) is 11.5 Å². The average Bonchev–Trinajstić information content (AvgIpc) is 2.45. The summed E-state index contributed by atoms with van der Waals surface area (Å²) in [4.78, 5) is 0. The van der Waals surface area contributed by atoms with Gasteiger partial charge in [0, 0.05) is 9.50 Å². The standard InChI is InChI=1S/C12H8BrClO/c13-9-6-10(14)8-12(7-9)15-11-4-2-1-3-5-11/h1-8H/i1D,2D,3D,4D,6D,8D. The molecule has 0 N–H and O–H groups in total. The van der Waals surface area contributed by atoms with Crippen LogP contribution in [0.15, 0.2) is 52.9 Å². The van der Waals surface area contributed by atoms with Gasteiger partial charge in [0.1, 0.15) is 11.5 Å². The molecule has 3 heteroatoms. The fraction of sp³-hybridized carbons (Fsp3) is 0. The van der Waals surface area contributed by atoms with Gasteiger partial charge in [0.2, 0.25) is 0 Å². The molecule has 15 heavy (non-hydrogen) atoms. The minimum atomic E-state index is -0.425. The number of benzene rings is 2. The molecule has 0 aromatic heterocycles. The summed E-state index contributed by atoms with van der Waals surface area (Å²) in [6.45, 7) is 0. The molecule has 2 aromatic carbocycles. The van der Waals surface area contributed by atoms with E-state index in [-0.39, 0.29) is 46.7 Å². The van der Waals surface area contributed by atoms with Gasteiger partial charge in [0.05, 0.1) is 8.22 Å². The van der Waals surface area contributed by atoms with Crippen molar-refractivity contribution in [3.63, 3.8) is 0 Å². The highest BCUT2D eigenvalue weighted by Gasteiger charge is 1.99. The molecule has 1 nitrogen and oxygen atoms in total. The summed E-state index contributed by atoms with van der Waals surface area (Å²) in [5.74, 6) is -0.122. The molecule has 0 bridgehead atoms. The number of para-hydroxylation sites is 1. The van der Waals surface area contributed by atoms with Gasteiger partial charge < -0.3 is 4.74 Å². The van der Waals surface area contributed by atoms with Crippen LogP contribution in [0.1, 0.15) is 8.22 Å². The topological polar surface area (TPSA) is 9.23 Å². The number of hydrogen-bond donors (Lipinski definition) is 0. The molecule has 0 saturated carbocycles. The second kappa shape index (κ2) is 4.69. The van der Waals surface area contributed by atoms with Crippen molar-refractivity contribution >= 4 is 27.5 Å². The summed E-state index contributed by atoms with van der Waals surface area (Å²) in [7, 11) is 0. The first kappa shape index (κ1) is 5.37. The average molecular weight is 290 g/mol. The zero-order chi connectivity index (χ0) is 15.9. The molecular weight excluding hydrogens is 275 g/mol. The minimum Gasteiger partial charge on any atom is -0.457 e. The molecule has 76 valence electrons. The highest BCUT2D eigenvalue weighted by molar-refractivity contribution is 9.10. The molecule has 0 aliphatic rings. The Morgan fingerprint density at radius 3 is 2.93 bits per heavy atom. The summed E-state index contributed by atoms with van der Waals surface area (Å²) < 4.78 is 51.5. The maximum atomic E-state index is 7.81. The quantitative estimate of drug-likeness (QED) is 0.764. The second-order valence-corrected chi connectivity index (χ2v) is 3.78. The van der Waals surface area contributed by atoms with Crippen molar-refractivity contribution in [1.29, 1.82) is 0 Å². The smallest absolute Gasteiger partial charge is 0.130 e. The normalized spacial score (nSPS) is 15.6. The molecule has 0 aliphatic carbocycles. The Kier molecular flexibility index (Phi) is 1.68. The maximum absolute atomic E-state index is 7.81. The van der Waals surface area contributed by atoms with Crippen molar-refractivity contribution in [2.75, 3.05) is 0 Å². The lowest BCUT2D eigenvalue weighted by Gasteiger charge is -2.06. The van der Waals surface area contributed by atoms with Crippen LogP contribution < -0.4 is 4.74 Å². The van der Waals surface area contributed by atoms with Gasteiger partial charge in [-0.25, -0.2) is 0 Å². The third kappa shape index (κ3) is 2.98. The van der Waals surface area contributed by atoms with Gasteiger partial charge in [0.25, 0.3) is 0 Å². The summed E-state index contributed by atoms with van der Waals surface area (Å²) in [5.41, 5.74) is 0. The number of rotatable bonds is 2. The fourth-order valence-electron chi connectivity index (χ4n) is 0.927. The van der Waals surface area contributed by atoms with Crippen LogP contribution in [0.2, 0.25) is 5.02 Å². The van der Waals surface area contributed by atoms with Crippen LogP contribution in [-0.2, 0) is 0 Å². The van der Waals surface area contributed by atoms with E-state index in [9.17, 15) is 0 Å². The van der Waals surface area contributed by atoms with E-state index in [1.165, 1.54) is 6.07 Å². The molecule has 0 heterocycles. The third-order valence-corrected chi connectivity index (χ3v) is 2.08. The summed E-state index contributed by atoms with van der Waals surface area (Å²) in [6.07, 6.45) is 0. The van der Waals surface area contributed by atoms with Crippen LogP contribution in [0.3, 0.4) is 0 Å². The van der Waals surface area contributed by atoms with Gasteiger partial charge >= 0.3 is 0 Å². The van der Waals surface area contributed by atoms with E-state index in [4.69, 9.17) is 24.6 Å². The van der Waals surface area contributed by atoms with E-state index in [1.54, 1.807) is 0 Å². The van der Waals surface area contributed by atoms with Crippen molar-refractivity contribution < 1.29 is 13.0 Å². The molecule has 0 saturated heterocycles. The van der Waals surface area contributed by atoms with Crippen molar-refractivity contribution in [3.8, 4) is 11.5 Å². The van der Waals surface area contributed by atoms with Gasteiger partial charge in [0.15, 0.2) is 0 Å². The van der Waals surface area contributed by atoms with Crippen LogP contribution in [0.25, 0.3) is 0 Å². The SMILES string of the molecule is [2H]c1cc(Oc2cc(Br)c([2H])c(Cl)c2[2H])c([2H])c([2H])c1[2H]. The molecule has 0 amide bonds. The molecule has 2 rings (SSSR count). The van der Waals surface area contributed by atoms with E-state index in [0.29, 0.717) is 4.47 Å². The van der Waals surface area contributed by atoms with Crippen LogP contribution in [0.4, 0.5) is 0 Å². The number of halogens is 2. The van der Waals surface area contributed by atoms with Crippen molar-refractivity contribution in [2.45, 2.75) is 0 Å². The second-order valence-electron chi connectivity index (χ2n) is 2.55. The molecule has 0 atom stereocenters. The summed E-state index contributed by atoms with van der Waals surface area (Å²) in [6, 6.07) is 0.834. The van der Waals surface area contributed by atoms with E-state index >= 15 is 0 Å². The van der Waals surface area contributed by atoms with Gasteiger partial charge in [-0.2, -0.15) is 0 Å². The monoisotopic (exact) mass is 288 g/mol. The largest absolute Gasteiger partial charge is 0.457 e. The summed E-state index contributed by atoms with van der Waals surface area (Å²) in [5, 5.41) is -0.111. The molecule has 0 spiro atoms. The number of ether oxygens (including phenoxy) is 1. The first-order valence-corrected chi connectivity index (χ1v) is 5.11. The Morgan fingerprint density at radius 2 is 2.07 bits per heavy atom. The van der Waals surface area contributed by atoms with Crippen molar-refractivity contribution in [2.24, 2.45) is 0 Å². The van der Waals surface area contributed by atoms with Gasteiger partial charge in [-0.05, 0) is 30.3 Å². The third-order valence-electron chi connectivity index (χ3n) is 1.46.